The van der Waals surface area contributed by atoms with Gasteiger partial charge in [-0.25, -0.2) is 4.79 Å². The molecule has 1 fully saturated rings. The number of hydrogen-bond donors (Lipinski definition) is 2. The first-order chi connectivity index (χ1) is 6.03. The third-order valence-electron chi connectivity index (χ3n) is 2.60. The fourth-order valence-corrected chi connectivity index (χ4v) is 1.77. The molecule has 1 saturated heterocycles. The lowest BCUT2D eigenvalue weighted by Gasteiger charge is -2.29. The van der Waals surface area contributed by atoms with Crippen LogP contribution in [0.5, 0.6) is 0 Å². The van der Waals surface area contributed by atoms with Crippen molar-refractivity contribution < 1.29 is 9.59 Å². The summed E-state index contributed by atoms with van der Waals surface area (Å²) in [4.78, 5) is 22.5. The van der Waals surface area contributed by atoms with E-state index in [-0.39, 0.29) is 17.9 Å². The lowest BCUT2D eigenvalue weighted by Crippen LogP contribution is -2.51. The molecule has 1 aliphatic rings. The van der Waals surface area contributed by atoms with E-state index in [1.807, 2.05) is 20.8 Å². The van der Waals surface area contributed by atoms with Crippen LogP contribution in [-0.2, 0) is 4.79 Å². The third kappa shape index (κ3) is 1.53. The molecular formula is C9H16N2O2. The first-order valence-electron chi connectivity index (χ1n) is 4.66. The second-order valence-corrected chi connectivity index (χ2v) is 3.78. The molecule has 2 N–H and O–H groups in total. The molecule has 1 unspecified atom stereocenters. The number of nitrogens with one attached hydrogen (secondary N) is 2. The molecule has 74 valence electrons. The number of carbonyl (C=O) groups is 2. The Morgan fingerprint density at radius 3 is 2.31 bits per heavy atom. The van der Waals surface area contributed by atoms with Gasteiger partial charge in [-0.1, -0.05) is 27.2 Å². The smallest absolute Gasteiger partial charge is 0.322 e. The maximum absolute atomic E-state index is 11.5. The molecule has 0 aromatic heterocycles. The molecule has 0 saturated carbocycles. The zero-order chi connectivity index (χ0) is 10.1. The maximum atomic E-state index is 11.5. The van der Waals surface area contributed by atoms with E-state index in [0.717, 1.165) is 6.42 Å². The maximum Gasteiger partial charge on any atom is 0.322 e. The Hall–Kier alpha value is -1.06. The zero-order valence-corrected chi connectivity index (χ0v) is 8.31. The first kappa shape index (κ1) is 10.0. The van der Waals surface area contributed by atoms with Crippen LogP contribution < -0.4 is 10.6 Å². The van der Waals surface area contributed by atoms with Crippen molar-refractivity contribution in [2.75, 3.05) is 0 Å². The fourth-order valence-electron chi connectivity index (χ4n) is 1.77. The summed E-state index contributed by atoms with van der Waals surface area (Å²) in [5.74, 6) is -0.0618. The Bertz CT molecular complexity index is 238. The number of rotatable bonds is 3. The fraction of sp³-hybridized carbons (Fsp3) is 0.778. The molecule has 4 heteroatoms. The molecular weight excluding hydrogens is 168 g/mol. The molecule has 1 aliphatic heterocycles. The second-order valence-electron chi connectivity index (χ2n) is 3.78. The van der Waals surface area contributed by atoms with E-state index >= 15 is 0 Å². The molecule has 1 rings (SSSR count). The first-order valence-corrected chi connectivity index (χ1v) is 4.66. The summed E-state index contributed by atoms with van der Waals surface area (Å²) in [5.41, 5.74) is -0.675. The van der Waals surface area contributed by atoms with Gasteiger partial charge in [0.2, 0.25) is 0 Å². The van der Waals surface area contributed by atoms with Crippen molar-refractivity contribution in [3.63, 3.8) is 0 Å². The lowest BCUT2D eigenvalue weighted by molar-refractivity contribution is -0.125. The summed E-state index contributed by atoms with van der Waals surface area (Å²) < 4.78 is 0. The molecule has 1 atom stereocenters. The van der Waals surface area contributed by atoms with E-state index in [0.29, 0.717) is 6.42 Å². The number of carbonyl (C=O) groups excluding carboxylic acids is 2. The summed E-state index contributed by atoms with van der Waals surface area (Å²) in [6.07, 6.45) is 1.58. The predicted octanol–water partition coefficient (Wildman–Crippen LogP) is 1.02. The van der Waals surface area contributed by atoms with Gasteiger partial charge in [-0.2, -0.15) is 0 Å². The molecule has 0 spiro atoms. The average molecular weight is 184 g/mol. The second kappa shape index (κ2) is 3.36. The molecule has 0 aromatic rings. The standard InChI is InChI=1S/C9H16N2O2/c1-4-5-9(6(2)3)7(12)10-8(13)11-9/h6H,4-5H2,1-3H3,(H2,10,11,12,13). The van der Waals surface area contributed by atoms with Crippen LogP contribution in [0.15, 0.2) is 0 Å². The van der Waals surface area contributed by atoms with Gasteiger partial charge in [-0.15, -0.1) is 0 Å². The van der Waals surface area contributed by atoms with Crippen LogP contribution in [0, 0.1) is 5.92 Å². The van der Waals surface area contributed by atoms with Gasteiger partial charge in [0.05, 0.1) is 0 Å². The summed E-state index contributed by atoms with van der Waals surface area (Å²) >= 11 is 0. The van der Waals surface area contributed by atoms with Crippen molar-refractivity contribution in [3.8, 4) is 0 Å². The van der Waals surface area contributed by atoms with Gasteiger partial charge < -0.3 is 5.32 Å². The van der Waals surface area contributed by atoms with Crippen LogP contribution in [0.4, 0.5) is 4.79 Å². The van der Waals surface area contributed by atoms with Crippen molar-refractivity contribution >= 4 is 11.9 Å². The van der Waals surface area contributed by atoms with Gasteiger partial charge in [0, 0.05) is 0 Å². The average Bonchev–Trinajstić information content (AvgIpc) is 2.28. The van der Waals surface area contributed by atoms with Gasteiger partial charge >= 0.3 is 6.03 Å². The number of amides is 3. The van der Waals surface area contributed by atoms with Gasteiger partial charge in [0.1, 0.15) is 5.54 Å². The summed E-state index contributed by atoms with van der Waals surface area (Å²) in [6, 6.07) is -0.368. The minimum Gasteiger partial charge on any atom is -0.323 e. The topological polar surface area (TPSA) is 58.2 Å². The Kier molecular flexibility index (Phi) is 2.59. The Morgan fingerprint density at radius 1 is 1.38 bits per heavy atom. The zero-order valence-electron chi connectivity index (χ0n) is 8.31. The van der Waals surface area contributed by atoms with Crippen molar-refractivity contribution in [3.05, 3.63) is 0 Å². The molecule has 13 heavy (non-hydrogen) atoms. The Morgan fingerprint density at radius 2 is 2.00 bits per heavy atom. The summed E-state index contributed by atoms with van der Waals surface area (Å²) in [5, 5.41) is 5.00. The van der Waals surface area contributed by atoms with Crippen molar-refractivity contribution in [1.82, 2.24) is 10.6 Å². The van der Waals surface area contributed by atoms with E-state index in [1.165, 1.54) is 0 Å². The van der Waals surface area contributed by atoms with Gasteiger partial charge in [-0.05, 0) is 12.3 Å². The van der Waals surface area contributed by atoms with E-state index in [1.54, 1.807) is 0 Å². The predicted molar refractivity (Wildman–Crippen MR) is 49.2 cm³/mol. The van der Waals surface area contributed by atoms with E-state index < -0.39 is 5.54 Å². The number of hydrogen-bond acceptors (Lipinski definition) is 2. The summed E-state index contributed by atoms with van der Waals surface area (Å²) in [6.45, 7) is 5.89. The van der Waals surface area contributed by atoms with E-state index in [9.17, 15) is 9.59 Å². The Balaban J connectivity index is 2.90. The van der Waals surface area contributed by atoms with Crippen LogP contribution in [0.3, 0.4) is 0 Å². The minimum atomic E-state index is -0.675. The van der Waals surface area contributed by atoms with Crippen LogP contribution in [0.1, 0.15) is 33.6 Å². The monoisotopic (exact) mass is 184 g/mol. The quantitative estimate of drug-likeness (QED) is 0.643. The lowest BCUT2D eigenvalue weighted by atomic mass is 9.82. The highest BCUT2D eigenvalue weighted by Crippen LogP contribution is 2.26. The van der Waals surface area contributed by atoms with Crippen molar-refractivity contribution in [1.29, 1.82) is 0 Å². The van der Waals surface area contributed by atoms with Crippen LogP contribution in [0.25, 0.3) is 0 Å². The highest BCUT2D eigenvalue weighted by Gasteiger charge is 2.47. The SMILES string of the molecule is CCCC1(C(C)C)NC(=O)NC1=O. The van der Waals surface area contributed by atoms with Crippen LogP contribution >= 0.6 is 0 Å². The van der Waals surface area contributed by atoms with E-state index in [4.69, 9.17) is 0 Å². The van der Waals surface area contributed by atoms with Gasteiger partial charge in [0.15, 0.2) is 0 Å². The molecule has 0 bridgehead atoms. The third-order valence-corrected chi connectivity index (χ3v) is 2.60. The van der Waals surface area contributed by atoms with E-state index in [2.05, 4.69) is 10.6 Å². The molecule has 1 heterocycles. The number of imide groups is 1. The van der Waals surface area contributed by atoms with Crippen LogP contribution in [0.2, 0.25) is 0 Å². The molecule has 4 nitrogen and oxygen atoms in total. The van der Waals surface area contributed by atoms with Crippen LogP contribution in [-0.4, -0.2) is 17.5 Å². The number of urea groups is 1. The van der Waals surface area contributed by atoms with Crippen molar-refractivity contribution in [2.45, 2.75) is 39.2 Å². The normalized spacial score (nSPS) is 27.7. The molecule has 0 aromatic carbocycles. The molecule has 3 amide bonds. The highest BCUT2D eigenvalue weighted by molar-refractivity contribution is 6.07. The van der Waals surface area contributed by atoms with Crippen molar-refractivity contribution in [2.24, 2.45) is 5.92 Å². The highest BCUT2D eigenvalue weighted by atomic mass is 16.2. The summed E-state index contributed by atoms with van der Waals surface area (Å²) in [7, 11) is 0. The molecule has 0 radical (unpaired) electrons. The molecule has 0 aliphatic carbocycles. The largest absolute Gasteiger partial charge is 0.323 e. The van der Waals surface area contributed by atoms with Gasteiger partial charge in [-0.3, -0.25) is 10.1 Å². The Labute approximate surface area is 78.1 Å². The van der Waals surface area contributed by atoms with Gasteiger partial charge in [0.25, 0.3) is 5.91 Å². The minimum absolute atomic E-state index is 0.124.